The predicted octanol–water partition coefficient (Wildman–Crippen LogP) is 2.04. The first-order chi connectivity index (χ1) is 9.16. The molecular formula is C14H25N3O3. The first-order valence-corrected chi connectivity index (χ1v) is 6.93. The summed E-state index contributed by atoms with van der Waals surface area (Å²) in [7, 11) is 0. The lowest BCUT2D eigenvalue weighted by Gasteiger charge is -2.39. The largest absolute Gasteiger partial charge is 0.466 e. The molecule has 0 radical (unpaired) electrons. The molecular weight excluding hydrogens is 258 g/mol. The zero-order valence-electron chi connectivity index (χ0n) is 12.9. The fourth-order valence-electron chi connectivity index (χ4n) is 3.11. The van der Waals surface area contributed by atoms with Crippen molar-refractivity contribution < 1.29 is 14.3 Å². The number of carbonyl (C=O) groups is 2. The zero-order valence-corrected chi connectivity index (χ0v) is 12.9. The molecule has 1 aliphatic rings. The first kappa shape index (κ1) is 16.5. The molecule has 2 unspecified atom stereocenters. The summed E-state index contributed by atoms with van der Waals surface area (Å²) >= 11 is 0. The van der Waals surface area contributed by atoms with Crippen LogP contribution in [0, 0.1) is 16.7 Å². The maximum atomic E-state index is 12.3. The molecule has 6 heteroatoms. The molecule has 0 aliphatic heterocycles. The highest BCUT2D eigenvalue weighted by Crippen LogP contribution is 2.56. The molecule has 114 valence electrons. The van der Waals surface area contributed by atoms with Crippen LogP contribution in [0.4, 0.5) is 4.79 Å². The Hall–Kier alpha value is -1.59. The smallest absolute Gasteiger partial charge is 0.332 e. The summed E-state index contributed by atoms with van der Waals surface area (Å²) in [6.45, 7) is 10.1. The highest BCUT2D eigenvalue weighted by Gasteiger charge is 2.57. The Balaban J connectivity index is 2.97. The number of hydrogen-bond donors (Lipinski definition) is 2. The summed E-state index contributed by atoms with van der Waals surface area (Å²) in [6.07, 6.45) is 1.57. The van der Waals surface area contributed by atoms with Crippen molar-refractivity contribution in [1.29, 1.82) is 0 Å². The summed E-state index contributed by atoms with van der Waals surface area (Å²) < 4.78 is 5.22. The van der Waals surface area contributed by atoms with E-state index in [1.165, 1.54) is 0 Å². The predicted molar refractivity (Wildman–Crippen MR) is 77.1 cm³/mol. The number of hydrazone groups is 1. The first-order valence-electron chi connectivity index (χ1n) is 6.93. The summed E-state index contributed by atoms with van der Waals surface area (Å²) in [5, 5.41) is 4.01. The van der Waals surface area contributed by atoms with Gasteiger partial charge in [0.15, 0.2) is 0 Å². The van der Waals surface area contributed by atoms with Gasteiger partial charge in [0, 0.05) is 11.6 Å². The molecule has 1 saturated carbocycles. The van der Waals surface area contributed by atoms with Crippen LogP contribution in [-0.2, 0) is 9.53 Å². The van der Waals surface area contributed by atoms with E-state index >= 15 is 0 Å². The van der Waals surface area contributed by atoms with Gasteiger partial charge in [-0.05, 0) is 39.0 Å². The fourth-order valence-corrected chi connectivity index (χ4v) is 3.11. The number of primary amides is 1. The molecule has 1 fully saturated rings. The number of nitrogens with two attached hydrogens (primary N) is 1. The van der Waals surface area contributed by atoms with Crippen LogP contribution in [0.3, 0.4) is 0 Å². The third kappa shape index (κ3) is 2.78. The molecule has 0 bridgehead atoms. The van der Waals surface area contributed by atoms with E-state index in [0.717, 1.165) is 18.6 Å². The van der Waals surface area contributed by atoms with E-state index in [2.05, 4.69) is 10.5 Å². The quantitative estimate of drug-likeness (QED) is 0.469. The van der Waals surface area contributed by atoms with E-state index < -0.39 is 11.4 Å². The molecule has 0 aromatic carbocycles. The summed E-state index contributed by atoms with van der Waals surface area (Å²) in [5.74, 6) is -0.0630. The third-order valence-corrected chi connectivity index (χ3v) is 4.80. The number of urea groups is 1. The molecule has 6 nitrogen and oxygen atoms in total. The number of esters is 1. The Morgan fingerprint density at radius 2 is 2.00 bits per heavy atom. The van der Waals surface area contributed by atoms with Crippen molar-refractivity contribution in [3.05, 3.63) is 0 Å². The number of rotatable bonds is 4. The van der Waals surface area contributed by atoms with Gasteiger partial charge in [-0.2, -0.15) is 5.10 Å². The van der Waals surface area contributed by atoms with Crippen LogP contribution in [0.25, 0.3) is 0 Å². The van der Waals surface area contributed by atoms with E-state index in [4.69, 9.17) is 10.5 Å². The van der Waals surface area contributed by atoms with Gasteiger partial charge in [0.1, 0.15) is 0 Å². The molecule has 20 heavy (non-hydrogen) atoms. The molecule has 0 spiro atoms. The number of ether oxygens (including phenoxy) is 1. The van der Waals surface area contributed by atoms with E-state index in [1.807, 2.05) is 34.6 Å². The lowest BCUT2D eigenvalue weighted by Crippen LogP contribution is -2.43. The second kappa shape index (κ2) is 5.81. The average Bonchev–Trinajstić information content (AvgIpc) is 2.59. The van der Waals surface area contributed by atoms with Crippen molar-refractivity contribution in [2.45, 2.75) is 47.5 Å². The Bertz CT molecular complexity index is 431. The highest BCUT2D eigenvalue weighted by molar-refractivity contribution is 5.89. The van der Waals surface area contributed by atoms with Gasteiger partial charge in [0.05, 0.1) is 12.0 Å². The van der Waals surface area contributed by atoms with Crippen LogP contribution >= 0.6 is 0 Å². The number of amides is 2. The Labute approximate surface area is 120 Å². The summed E-state index contributed by atoms with van der Waals surface area (Å²) in [6, 6.07) is -0.687. The van der Waals surface area contributed by atoms with Gasteiger partial charge in [-0.15, -0.1) is 0 Å². The molecule has 1 rings (SSSR count). The topological polar surface area (TPSA) is 93.8 Å². The average molecular weight is 283 g/mol. The van der Waals surface area contributed by atoms with Gasteiger partial charge in [-0.25, -0.2) is 10.2 Å². The summed E-state index contributed by atoms with van der Waals surface area (Å²) in [5.41, 5.74) is 7.20. The number of hydrogen-bond acceptors (Lipinski definition) is 4. The number of nitrogens with zero attached hydrogens (tertiary/aromatic N) is 1. The van der Waals surface area contributed by atoms with Gasteiger partial charge in [0.2, 0.25) is 0 Å². The van der Waals surface area contributed by atoms with Crippen LogP contribution in [0.15, 0.2) is 5.10 Å². The van der Waals surface area contributed by atoms with Crippen LogP contribution in [0.2, 0.25) is 0 Å². The van der Waals surface area contributed by atoms with Crippen molar-refractivity contribution >= 4 is 17.7 Å². The zero-order chi connectivity index (χ0) is 15.6. The van der Waals surface area contributed by atoms with Gasteiger partial charge < -0.3 is 10.5 Å². The molecule has 0 heterocycles. The Morgan fingerprint density at radius 3 is 2.50 bits per heavy atom. The fraction of sp³-hybridized carbons (Fsp3) is 0.786. The van der Waals surface area contributed by atoms with Crippen LogP contribution in [0.1, 0.15) is 47.5 Å². The van der Waals surface area contributed by atoms with Gasteiger partial charge in [-0.1, -0.05) is 13.8 Å². The minimum Gasteiger partial charge on any atom is -0.466 e. The molecule has 1 aliphatic carbocycles. The monoisotopic (exact) mass is 283 g/mol. The second-order valence-corrected chi connectivity index (χ2v) is 6.09. The highest BCUT2D eigenvalue weighted by atomic mass is 16.5. The number of nitrogens with one attached hydrogen (secondary N) is 1. The van der Waals surface area contributed by atoms with Crippen LogP contribution in [-0.4, -0.2) is 24.3 Å². The maximum absolute atomic E-state index is 12.3. The molecule has 2 amide bonds. The molecule has 0 aromatic rings. The van der Waals surface area contributed by atoms with E-state index in [0.29, 0.717) is 6.61 Å². The Morgan fingerprint density at radius 1 is 1.40 bits per heavy atom. The van der Waals surface area contributed by atoms with Gasteiger partial charge >= 0.3 is 12.0 Å². The third-order valence-electron chi connectivity index (χ3n) is 4.80. The van der Waals surface area contributed by atoms with Crippen LogP contribution < -0.4 is 11.2 Å². The standard InChI is InChI=1S/C14H25N3O3/c1-6-20-11(18)14(5)8-7-10(13(14,3)4)9(2)16-17-12(15)19/h10H,6-8H2,1-5H3,(H3,15,17,19)/b16-9+. The van der Waals surface area contributed by atoms with Crippen molar-refractivity contribution in [3.63, 3.8) is 0 Å². The van der Waals surface area contributed by atoms with E-state index in [9.17, 15) is 9.59 Å². The normalized spacial score (nSPS) is 29.1. The lowest BCUT2D eigenvalue weighted by atomic mass is 9.65. The van der Waals surface area contributed by atoms with Gasteiger partial charge in [0.25, 0.3) is 0 Å². The van der Waals surface area contributed by atoms with Crippen molar-refractivity contribution in [2.24, 2.45) is 27.6 Å². The summed E-state index contributed by atoms with van der Waals surface area (Å²) in [4.78, 5) is 23.0. The minimum absolute atomic E-state index is 0.101. The minimum atomic E-state index is -0.687. The van der Waals surface area contributed by atoms with Crippen molar-refractivity contribution in [3.8, 4) is 0 Å². The molecule has 0 aromatic heterocycles. The van der Waals surface area contributed by atoms with E-state index in [1.54, 1.807) is 0 Å². The van der Waals surface area contributed by atoms with Gasteiger partial charge in [-0.3, -0.25) is 4.79 Å². The van der Waals surface area contributed by atoms with Crippen molar-refractivity contribution in [1.82, 2.24) is 5.43 Å². The number of carbonyl (C=O) groups excluding carboxylic acids is 2. The van der Waals surface area contributed by atoms with E-state index in [-0.39, 0.29) is 17.3 Å². The van der Waals surface area contributed by atoms with Crippen molar-refractivity contribution in [2.75, 3.05) is 6.61 Å². The maximum Gasteiger partial charge on any atom is 0.332 e. The Kier molecular flexibility index (Phi) is 4.78. The lowest BCUT2D eigenvalue weighted by molar-refractivity contribution is -0.160. The van der Waals surface area contributed by atoms with Crippen LogP contribution in [0.5, 0.6) is 0 Å². The SMILES string of the molecule is CCOC(=O)C1(C)CCC(/C(C)=N/NC(N)=O)C1(C)C. The second-order valence-electron chi connectivity index (χ2n) is 6.09. The molecule has 2 atom stereocenters. The molecule has 3 N–H and O–H groups in total. The molecule has 0 saturated heterocycles.